The monoisotopic (exact) mass is 304 g/mol. The lowest BCUT2D eigenvalue weighted by atomic mass is 10.0. The van der Waals surface area contributed by atoms with Crippen molar-refractivity contribution in [1.82, 2.24) is 10.0 Å². The molecule has 0 amide bonds. The van der Waals surface area contributed by atoms with Crippen LogP contribution in [0.2, 0.25) is 5.02 Å². The molecule has 1 rings (SSSR count). The number of halogens is 1. The zero-order valence-electron chi connectivity index (χ0n) is 11.3. The van der Waals surface area contributed by atoms with Crippen molar-refractivity contribution >= 4 is 21.6 Å². The SMILES string of the molecule is CCCC(NCCS(=O)(=O)NC)c1ccc(Cl)cc1. The molecule has 0 radical (unpaired) electrons. The van der Waals surface area contributed by atoms with Crippen LogP contribution in [-0.2, 0) is 10.0 Å². The second kappa shape index (κ2) is 7.85. The molecule has 108 valence electrons. The number of rotatable bonds is 8. The van der Waals surface area contributed by atoms with Crippen LogP contribution in [0.3, 0.4) is 0 Å². The molecule has 1 atom stereocenters. The van der Waals surface area contributed by atoms with Crippen molar-refractivity contribution in [3.05, 3.63) is 34.9 Å². The van der Waals surface area contributed by atoms with Gasteiger partial charge in [0.15, 0.2) is 0 Å². The number of hydrogen-bond acceptors (Lipinski definition) is 3. The Hall–Kier alpha value is -0.620. The standard InChI is InChI=1S/C13H21ClN2O2S/c1-3-4-13(11-5-7-12(14)8-6-11)16-9-10-19(17,18)15-2/h5-8,13,15-16H,3-4,9-10H2,1-2H3. The quantitative estimate of drug-likeness (QED) is 0.775. The molecule has 0 fully saturated rings. The average molecular weight is 305 g/mol. The van der Waals surface area contributed by atoms with Gasteiger partial charge in [-0.05, 0) is 31.2 Å². The zero-order chi connectivity index (χ0) is 14.3. The largest absolute Gasteiger partial charge is 0.309 e. The number of nitrogens with one attached hydrogen (secondary N) is 2. The van der Waals surface area contributed by atoms with E-state index in [1.54, 1.807) is 0 Å². The van der Waals surface area contributed by atoms with Gasteiger partial charge < -0.3 is 5.32 Å². The van der Waals surface area contributed by atoms with Crippen molar-refractivity contribution in [2.45, 2.75) is 25.8 Å². The minimum atomic E-state index is -3.15. The summed E-state index contributed by atoms with van der Waals surface area (Å²) in [7, 11) is -1.72. The van der Waals surface area contributed by atoms with Crippen molar-refractivity contribution in [2.24, 2.45) is 0 Å². The summed E-state index contributed by atoms with van der Waals surface area (Å²) in [5.41, 5.74) is 1.13. The lowest BCUT2D eigenvalue weighted by molar-refractivity contribution is 0.505. The summed E-state index contributed by atoms with van der Waals surface area (Å²) in [6.07, 6.45) is 1.99. The molecule has 0 bridgehead atoms. The molecule has 0 aliphatic carbocycles. The van der Waals surface area contributed by atoms with E-state index in [4.69, 9.17) is 11.6 Å². The second-order valence-electron chi connectivity index (χ2n) is 4.37. The maximum atomic E-state index is 11.4. The van der Waals surface area contributed by atoms with Crippen LogP contribution >= 0.6 is 11.6 Å². The van der Waals surface area contributed by atoms with Crippen molar-refractivity contribution in [3.63, 3.8) is 0 Å². The van der Waals surface area contributed by atoms with Gasteiger partial charge in [0, 0.05) is 17.6 Å². The van der Waals surface area contributed by atoms with Crippen LogP contribution in [0, 0.1) is 0 Å². The molecular formula is C13H21ClN2O2S. The topological polar surface area (TPSA) is 58.2 Å². The Morgan fingerprint density at radius 3 is 2.42 bits per heavy atom. The van der Waals surface area contributed by atoms with Gasteiger partial charge >= 0.3 is 0 Å². The van der Waals surface area contributed by atoms with Crippen LogP contribution in [0.4, 0.5) is 0 Å². The van der Waals surface area contributed by atoms with Gasteiger partial charge in [-0.25, -0.2) is 13.1 Å². The fourth-order valence-corrected chi connectivity index (χ4v) is 2.56. The summed E-state index contributed by atoms with van der Waals surface area (Å²) >= 11 is 5.87. The first-order chi connectivity index (χ1) is 8.98. The second-order valence-corrected chi connectivity index (χ2v) is 6.85. The number of hydrogen-bond donors (Lipinski definition) is 2. The smallest absolute Gasteiger partial charge is 0.212 e. The van der Waals surface area contributed by atoms with E-state index >= 15 is 0 Å². The van der Waals surface area contributed by atoms with Crippen LogP contribution in [-0.4, -0.2) is 27.8 Å². The van der Waals surface area contributed by atoms with E-state index in [0.717, 1.165) is 18.4 Å². The maximum absolute atomic E-state index is 11.4. The van der Waals surface area contributed by atoms with Crippen LogP contribution in [0.15, 0.2) is 24.3 Å². The lowest BCUT2D eigenvalue weighted by Crippen LogP contribution is -2.31. The van der Waals surface area contributed by atoms with Crippen molar-refractivity contribution in [1.29, 1.82) is 0 Å². The van der Waals surface area contributed by atoms with Gasteiger partial charge in [0.25, 0.3) is 0 Å². The molecule has 2 N–H and O–H groups in total. The fourth-order valence-electron chi connectivity index (χ4n) is 1.84. The molecule has 0 heterocycles. The Balaban J connectivity index is 2.61. The Morgan fingerprint density at radius 1 is 1.26 bits per heavy atom. The third-order valence-corrected chi connectivity index (χ3v) is 4.54. The molecular weight excluding hydrogens is 284 g/mol. The summed E-state index contributed by atoms with van der Waals surface area (Å²) in [5.74, 6) is 0.0807. The van der Waals surface area contributed by atoms with Crippen molar-refractivity contribution in [2.75, 3.05) is 19.3 Å². The zero-order valence-corrected chi connectivity index (χ0v) is 12.9. The summed E-state index contributed by atoms with van der Waals surface area (Å²) in [4.78, 5) is 0. The first-order valence-corrected chi connectivity index (χ1v) is 8.41. The third-order valence-electron chi connectivity index (χ3n) is 2.92. The molecule has 0 aromatic heterocycles. The normalized spacial score (nSPS) is 13.4. The van der Waals surface area contributed by atoms with Gasteiger partial charge in [0.1, 0.15) is 0 Å². The van der Waals surface area contributed by atoms with Crippen molar-refractivity contribution < 1.29 is 8.42 Å². The minimum Gasteiger partial charge on any atom is -0.309 e. The van der Waals surface area contributed by atoms with Gasteiger partial charge in [-0.3, -0.25) is 0 Å². The highest BCUT2D eigenvalue weighted by Gasteiger charge is 2.12. The van der Waals surface area contributed by atoms with E-state index < -0.39 is 10.0 Å². The Labute approximate surface area is 120 Å². The van der Waals surface area contributed by atoms with E-state index in [1.165, 1.54) is 7.05 Å². The molecule has 1 aromatic carbocycles. The molecule has 1 unspecified atom stereocenters. The van der Waals surface area contributed by atoms with Gasteiger partial charge in [0.05, 0.1) is 5.75 Å². The third kappa shape index (κ3) is 5.91. The van der Waals surface area contributed by atoms with Gasteiger partial charge in [-0.1, -0.05) is 37.1 Å². The Morgan fingerprint density at radius 2 is 1.89 bits per heavy atom. The molecule has 0 saturated heterocycles. The predicted molar refractivity (Wildman–Crippen MR) is 80.0 cm³/mol. The van der Waals surface area contributed by atoms with E-state index in [-0.39, 0.29) is 11.8 Å². The molecule has 1 aromatic rings. The highest BCUT2D eigenvalue weighted by atomic mass is 35.5. The van der Waals surface area contributed by atoms with E-state index in [9.17, 15) is 8.42 Å². The highest BCUT2D eigenvalue weighted by molar-refractivity contribution is 7.89. The molecule has 0 saturated carbocycles. The number of benzene rings is 1. The Bertz CT molecular complexity index is 474. The van der Waals surface area contributed by atoms with Crippen molar-refractivity contribution in [3.8, 4) is 0 Å². The number of sulfonamides is 1. The minimum absolute atomic E-state index is 0.0807. The lowest BCUT2D eigenvalue weighted by Gasteiger charge is -2.18. The fraction of sp³-hybridized carbons (Fsp3) is 0.538. The van der Waals surface area contributed by atoms with E-state index in [2.05, 4.69) is 17.0 Å². The molecule has 0 aliphatic heterocycles. The summed E-state index contributed by atoms with van der Waals surface area (Å²) < 4.78 is 25.0. The molecule has 4 nitrogen and oxygen atoms in total. The highest BCUT2D eigenvalue weighted by Crippen LogP contribution is 2.20. The first-order valence-electron chi connectivity index (χ1n) is 6.38. The maximum Gasteiger partial charge on any atom is 0.212 e. The molecule has 19 heavy (non-hydrogen) atoms. The van der Waals surface area contributed by atoms with E-state index in [1.807, 2.05) is 24.3 Å². The van der Waals surface area contributed by atoms with E-state index in [0.29, 0.717) is 11.6 Å². The Kier molecular flexibility index (Phi) is 6.79. The summed E-state index contributed by atoms with van der Waals surface area (Å²) in [5, 5.41) is 3.99. The molecule has 0 spiro atoms. The van der Waals surface area contributed by atoms with Gasteiger partial charge in [-0.2, -0.15) is 0 Å². The van der Waals surface area contributed by atoms with Crippen LogP contribution in [0.25, 0.3) is 0 Å². The summed E-state index contributed by atoms with van der Waals surface area (Å²) in [6, 6.07) is 7.82. The predicted octanol–water partition coefficient (Wildman–Crippen LogP) is 2.32. The molecule has 6 heteroatoms. The van der Waals surface area contributed by atoms with Gasteiger partial charge in [0.2, 0.25) is 10.0 Å². The van der Waals surface area contributed by atoms with Crippen LogP contribution < -0.4 is 10.0 Å². The van der Waals surface area contributed by atoms with Gasteiger partial charge in [-0.15, -0.1) is 0 Å². The van der Waals surface area contributed by atoms with Crippen LogP contribution in [0.5, 0.6) is 0 Å². The van der Waals surface area contributed by atoms with Crippen LogP contribution in [0.1, 0.15) is 31.4 Å². The first kappa shape index (κ1) is 16.4. The molecule has 0 aliphatic rings. The summed E-state index contributed by atoms with van der Waals surface area (Å²) in [6.45, 7) is 2.53. The average Bonchev–Trinajstić information content (AvgIpc) is 2.39.